The van der Waals surface area contributed by atoms with E-state index in [0.717, 1.165) is 16.4 Å². The second-order valence-corrected chi connectivity index (χ2v) is 8.02. The van der Waals surface area contributed by atoms with Crippen LogP contribution in [-0.2, 0) is 19.6 Å². The number of nitrogens with zero attached hydrogens (tertiary/aromatic N) is 1. The maximum atomic E-state index is 13.2. The molecule has 2 rings (SSSR count). The molecule has 0 amide bonds. The maximum absolute atomic E-state index is 13.2. The Morgan fingerprint density at radius 1 is 1.24 bits per heavy atom. The molecule has 0 radical (unpaired) electrons. The fourth-order valence-electron chi connectivity index (χ4n) is 2.05. The van der Waals surface area contributed by atoms with Gasteiger partial charge < -0.3 is 4.74 Å². The van der Waals surface area contributed by atoms with Crippen LogP contribution in [0.4, 0.5) is 10.1 Å². The van der Waals surface area contributed by atoms with Gasteiger partial charge in [-0.15, -0.1) is 0 Å². The van der Waals surface area contributed by atoms with Crippen molar-refractivity contribution in [3.63, 3.8) is 0 Å². The van der Waals surface area contributed by atoms with Crippen molar-refractivity contribution in [3.05, 3.63) is 57.8 Å². The molecule has 0 aliphatic heterocycles. The normalized spacial score (nSPS) is 11.2. The van der Waals surface area contributed by atoms with Gasteiger partial charge in [0.05, 0.1) is 17.3 Å². The molecule has 9 heteroatoms. The van der Waals surface area contributed by atoms with Gasteiger partial charge in [0.1, 0.15) is 17.3 Å². The molecule has 0 fully saturated rings. The van der Waals surface area contributed by atoms with Gasteiger partial charge in [0.15, 0.2) is 0 Å². The maximum Gasteiger partial charge on any atom is 0.326 e. The van der Waals surface area contributed by atoms with Gasteiger partial charge in [-0.25, -0.2) is 12.8 Å². The molecule has 0 aliphatic carbocycles. The SMILES string of the molecule is CCOC(=O)CN(c1ccc(F)cc1)S(=O)(=O)c1ccc(Br)cc1Cl. The second kappa shape index (κ2) is 8.16. The van der Waals surface area contributed by atoms with Gasteiger partial charge in [0.25, 0.3) is 10.0 Å². The van der Waals surface area contributed by atoms with Crippen LogP contribution in [-0.4, -0.2) is 27.5 Å². The fourth-order valence-corrected chi connectivity index (χ4v) is 4.47. The van der Waals surface area contributed by atoms with E-state index in [1.54, 1.807) is 6.92 Å². The van der Waals surface area contributed by atoms with Crippen molar-refractivity contribution >= 4 is 49.2 Å². The number of hydrogen-bond donors (Lipinski definition) is 0. The molecule has 0 heterocycles. The lowest BCUT2D eigenvalue weighted by atomic mass is 10.3. The van der Waals surface area contributed by atoms with E-state index in [2.05, 4.69) is 15.9 Å². The highest BCUT2D eigenvalue weighted by atomic mass is 79.9. The Hall–Kier alpha value is -1.64. The molecule has 0 aromatic heterocycles. The van der Waals surface area contributed by atoms with Crippen LogP contribution in [0.3, 0.4) is 0 Å². The minimum Gasteiger partial charge on any atom is -0.465 e. The molecule has 0 unspecified atom stereocenters. The van der Waals surface area contributed by atoms with Crippen molar-refractivity contribution in [2.24, 2.45) is 0 Å². The molecule has 0 atom stereocenters. The lowest BCUT2D eigenvalue weighted by Gasteiger charge is -2.24. The molecule has 2 aromatic rings. The fraction of sp³-hybridized carbons (Fsp3) is 0.188. The third kappa shape index (κ3) is 4.71. The third-order valence-corrected chi connectivity index (χ3v) is 5.90. The summed E-state index contributed by atoms with van der Waals surface area (Å²) in [6.07, 6.45) is 0. The summed E-state index contributed by atoms with van der Waals surface area (Å²) in [5, 5.41) is -0.00894. The van der Waals surface area contributed by atoms with Crippen molar-refractivity contribution in [1.82, 2.24) is 0 Å². The van der Waals surface area contributed by atoms with Crippen LogP contribution in [0, 0.1) is 5.82 Å². The highest BCUT2D eigenvalue weighted by Gasteiger charge is 2.29. The molecule has 0 aliphatic rings. The molecular formula is C16H14BrClFNO4S. The first-order chi connectivity index (χ1) is 11.8. The van der Waals surface area contributed by atoms with Crippen LogP contribution in [0.5, 0.6) is 0 Å². The van der Waals surface area contributed by atoms with Gasteiger partial charge in [0, 0.05) is 4.47 Å². The van der Waals surface area contributed by atoms with Crippen LogP contribution in [0.25, 0.3) is 0 Å². The number of benzene rings is 2. The van der Waals surface area contributed by atoms with Crippen molar-refractivity contribution in [3.8, 4) is 0 Å². The zero-order valence-corrected chi connectivity index (χ0v) is 16.2. The molecule has 0 N–H and O–H groups in total. The van der Waals surface area contributed by atoms with E-state index in [1.165, 1.54) is 30.3 Å². The summed E-state index contributed by atoms with van der Waals surface area (Å²) in [7, 11) is -4.17. The van der Waals surface area contributed by atoms with Crippen LogP contribution in [0.1, 0.15) is 6.92 Å². The van der Waals surface area contributed by atoms with E-state index >= 15 is 0 Å². The predicted octanol–water partition coefficient (Wildman–Crippen LogP) is 4.00. The summed E-state index contributed by atoms with van der Waals surface area (Å²) in [4.78, 5) is 11.7. The van der Waals surface area contributed by atoms with E-state index in [0.29, 0.717) is 4.47 Å². The topological polar surface area (TPSA) is 63.7 Å². The molecule has 0 spiro atoms. The number of sulfonamides is 1. The van der Waals surface area contributed by atoms with Gasteiger partial charge in [-0.2, -0.15) is 0 Å². The number of ether oxygens (including phenoxy) is 1. The van der Waals surface area contributed by atoms with Crippen LogP contribution < -0.4 is 4.31 Å². The van der Waals surface area contributed by atoms with Crippen LogP contribution >= 0.6 is 27.5 Å². The minimum atomic E-state index is -4.17. The number of halogens is 3. The number of carbonyl (C=O) groups excluding carboxylic acids is 1. The lowest BCUT2D eigenvalue weighted by molar-refractivity contribution is -0.141. The summed E-state index contributed by atoms with van der Waals surface area (Å²) in [5.41, 5.74) is 0.119. The summed E-state index contributed by atoms with van der Waals surface area (Å²) in [6.45, 7) is 1.16. The first-order valence-corrected chi connectivity index (χ1v) is 9.75. The van der Waals surface area contributed by atoms with Gasteiger partial charge in [-0.1, -0.05) is 27.5 Å². The standard InChI is InChI=1S/C16H14BrClFNO4S/c1-2-24-16(21)10-20(13-6-4-12(19)5-7-13)25(22,23)15-8-3-11(17)9-14(15)18/h3-9H,2,10H2,1H3. The average molecular weight is 451 g/mol. The van der Waals surface area contributed by atoms with Crippen LogP contribution in [0.2, 0.25) is 5.02 Å². The number of rotatable bonds is 6. The van der Waals surface area contributed by atoms with Gasteiger partial charge in [0.2, 0.25) is 0 Å². The summed E-state index contributed by atoms with van der Waals surface area (Å²) in [5.74, 6) is -1.26. The Bertz CT molecular complexity index is 874. The zero-order valence-electron chi connectivity index (χ0n) is 13.1. The molecule has 0 saturated carbocycles. The first-order valence-electron chi connectivity index (χ1n) is 7.14. The quantitative estimate of drug-likeness (QED) is 0.624. The Morgan fingerprint density at radius 3 is 2.44 bits per heavy atom. The molecule has 0 bridgehead atoms. The van der Waals surface area contributed by atoms with E-state index in [1.807, 2.05) is 0 Å². The Labute approximate surface area is 158 Å². The summed E-state index contributed by atoms with van der Waals surface area (Å²) < 4.78 is 45.5. The molecule has 2 aromatic carbocycles. The smallest absolute Gasteiger partial charge is 0.326 e. The molecule has 0 saturated heterocycles. The predicted molar refractivity (Wildman–Crippen MR) is 96.7 cm³/mol. The monoisotopic (exact) mass is 449 g/mol. The second-order valence-electron chi connectivity index (χ2n) is 4.87. The number of esters is 1. The first kappa shape index (κ1) is 19.7. The number of hydrogen-bond acceptors (Lipinski definition) is 4. The summed E-state index contributed by atoms with van der Waals surface area (Å²) in [6, 6.07) is 9.01. The zero-order chi connectivity index (χ0) is 18.6. The molecule has 5 nitrogen and oxygen atoms in total. The van der Waals surface area contributed by atoms with E-state index in [-0.39, 0.29) is 22.2 Å². The minimum absolute atomic E-state index is 0.00894. The molecular weight excluding hydrogens is 437 g/mol. The molecule has 25 heavy (non-hydrogen) atoms. The third-order valence-electron chi connectivity index (χ3n) is 3.15. The highest BCUT2D eigenvalue weighted by molar-refractivity contribution is 9.10. The van der Waals surface area contributed by atoms with E-state index < -0.39 is 28.4 Å². The Morgan fingerprint density at radius 2 is 1.88 bits per heavy atom. The van der Waals surface area contributed by atoms with Gasteiger partial charge in [-0.05, 0) is 49.4 Å². The van der Waals surface area contributed by atoms with Gasteiger partial charge in [-0.3, -0.25) is 9.10 Å². The Balaban J connectivity index is 2.52. The van der Waals surface area contributed by atoms with Crippen molar-refractivity contribution in [2.75, 3.05) is 17.5 Å². The van der Waals surface area contributed by atoms with Gasteiger partial charge >= 0.3 is 5.97 Å². The Kier molecular flexibility index (Phi) is 6.42. The van der Waals surface area contributed by atoms with Crippen molar-refractivity contribution in [2.45, 2.75) is 11.8 Å². The summed E-state index contributed by atoms with van der Waals surface area (Å²) >= 11 is 9.26. The highest BCUT2D eigenvalue weighted by Crippen LogP contribution is 2.30. The van der Waals surface area contributed by atoms with Crippen LogP contribution in [0.15, 0.2) is 51.8 Å². The lowest BCUT2D eigenvalue weighted by Crippen LogP contribution is -2.36. The number of carbonyl (C=O) groups is 1. The van der Waals surface area contributed by atoms with E-state index in [4.69, 9.17) is 16.3 Å². The largest absolute Gasteiger partial charge is 0.465 e. The average Bonchev–Trinajstić information content (AvgIpc) is 2.53. The van der Waals surface area contributed by atoms with Crippen molar-refractivity contribution < 1.29 is 22.3 Å². The van der Waals surface area contributed by atoms with E-state index in [9.17, 15) is 17.6 Å². The molecule has 134 valence electrons. The number of anilines is 1. The van der Waals surface area contributed by atoms with Crippen molar-refractivity contribution in [1.29, 1.82) is 0 Å².